The number of carbonyl (C=O) groups excluding carboxylic acids is 2. The fraction of sp³-hybridized carbons (Fsp3) is 0.286. The SMILES string of the molecule is CC[C@@H](C)NC(=O)[C@H](C)N(Cc1ccccc1)C(=O)CN(c1ccc([N+](=O)[O-])cc1)S(=O)(=O)c1ccccc1. The first-order valence-corrected chi connectivity index (χ1v) is 13.9. The van der Waals surface area contributed by atoms with Gasteiger partial charge in [0.15, 0.2) is 0 Å². The van der Waals surface area contributed by atoms with E-state index >= 15 is 0 Å². The molecule has 0 aliphatic carbocycles. The Morgan fingerprint density at radius 3 is 2.03 bits per heavy atom. The van der Waals surface area contributed by atoms with Gasteiger partial charge in [-0.25, -0.2) is 8.42 Å². The summed E-state index contributed by atoms with van der Waals surface area (Å²) in [6.07, 6.45) is 0.703. The van der Waals surface area contributed by atoms with E-state index in [1.807, 2.05) is 44.2 Å². The number of amides is 2. The number of non-ortho nitro benzene ring substituents is 1. The van der Waals surface area contributed by atoms with Crippen molar-refractivity contribution >= 4 is 33.2 Å². The quantitative estimate of drug-likeness (QED) is 0.266. The van der Waals surface area contributed by atoms with Gasteiger partial charge in [0.2, 0.25) is 11.8 Å². The lowest BCUT2D eigenvalue weighted by molar-refractivity contribution is -0.384. The molecule has 11 heteroatoms. The molecule has 1 N–H and O–H groups in total. The molecule has 3 aromatic carbocycles. The number of hydrogen-bond acceptors (Lipinski definition) is 6. The summed E-state index contributed by atoms with van der Waals surface area (Å²) in [7, 11) is -4.24. The number of benzene rings is 3. The number of rotatable bonds is 12. The third-order valence-corrected chi connectivity index (χ3v) is 8.11. The van der Waals surface area contributed by atoms with Crippen LogP contribution in [-0.4, -0.2) is 48.7 Å². The topological polar surface area (TPSA) is 130 Å². The lowest BCUT2D eigenvalue weighted by atomic mass is 10.1. The molecule has 0 fully saturated rings. The van der Waals surface area contributed by atoms with Crippen molar-refractivity contribution in [3.8, 4) is 0 Å². The number of nitrogens with one attached hydrogen (secondary N) is 1. The lowest BCUT2D eigenvalue weighted by Gasteiger charge is -2.32. The van der Waals surface area contributed by atoms with Crippen molar-refractivity contribution in [3.05, 3.63) is 101 Å². The number of anilines is 1. The number of hydrogen-bond donors (Lipinski definition) is 1. The fourth-order valence-corrected chi connectivity index (χ4v) is 5.25. The Labute approximate surface area is 228 Å². The molecule has 0 aromatic heterocycles. The van der Waals surface area contributed by atoms with Crippen LogP contribution in [0.25, 0.3) is 0 Å². The van der Waals surface area contributed by atoms with E-state index in [9.17, 15) is 28.1 Å². The predicted octanol–water partition coefficient (Wildman–Crippen LogP) is 4.12. The summed E-state index contributed by atoms with van der Waals surface area (Å²) in [4.78, 5) is 38.7. The monoisotopic (exact) mass is 552 g/mol. The summed E-state index contributed by atoms with van der Waals surface area (Å²) in [5.74, 6) is -0.968. The second-order valence-corrected chi connectivity index (χ2v) is 11.0. The summed E-state index contributed by atoms with van der Waals surface area (Å²) in [5.41, 5.74) is 0.624. The van der Waals surface area contributed by atoms with Gasteiger partial charge in [-0.15, -0.1) is 0 Å². The standard InChI is InChI=1S/C28H32N4O6S/c1-4-21(2)29-28(34)22(3)30(19-23-11-7-5-8-12-23)27(33)20-31(24-15-17-25(18-16-24)32(35)36)39(37,38)26-13-9-6-10-14-26/h5-18,21-22H,4,19-20H2,1-3H3,(H,29,34)/t21-,22+/m1/s1. The zero-order valence-electron chi connectivity index (χ0n) is 22.1. The normalized spacial score (nSPS) is 12.7. The van der Waals surface area contributed by atoms with E-state index in [-0.39, 0.29) is 34.8 Å². The summed E-state index contributed by atoms with van der Waals surface area (Å²) in [6, 6.07) is 20.6. The Balaban J connectivity index is 2.02. The molecule has 10 nitrogen and oxygen atoms in total. The molecule has 0 aliphatic heterocycles. The van der Waals surface area contributed by atoms with Gasteiger partial charge in [0, 0.05) is 24.7 Å². The van der Waals surface area contributed by atoms with Crippen LogP contribution in [-0.2, 0) is 26.2 Å². The van der Waals surface area contributed by atoms with E-state index in [1.165, 1.54) is 41.3 Å². The van der Waals surface area contributed by atoms with Gasteiger partial charge in [-0.05, 0) is 50.1 Å². The Hall–Kier alpha value is -4.25. The van der Waals surface area contributed by atoms with Crippen LogP contribution >= 0.6 is 0 Å². The maximum Gasteiger partial charge on any atom is 0.269 e. The molecule has 0 aliphatic rings. The number of sulfonamides is 1. The first kappa shape index (κ1) is 29.3. The minimum absolute atomic E-state index is 0.0478. The van der Waals surface area contributed by atoms with Crippen molar-refractivity contribution in [2.75, 3.05) is 10.8 Å². The van der Waals surface area contributed by atoms with Gasteiger partial charge < -0.3 is 10.2 Å². The maximum atomic E-state index is 13.8. The molecule has 3 aromatic rings. The van der Waals surface area contributed by atoms with Crippen LogP contribution in [0.5, 0.6) is 0 Å². The van der Waals surface area contributed by atoms with E-state index in [2.05, 4.69) is 5.32 Å². The van der Waals surface area contributed by atoms with Crippen LogP contribution in [0.15, 0.2) is 89.8 Å². The van der Waals surface area contributed by atoms with Crippen LogP contribution in [0.2, 0.25) is 0 Å². The van der Waals surface area contributed by atoms with Gasteiger partial charge >= 0.3 is 0 Å². The third kappa shape index (κ3) is 7.41. The molecule has 206 valence electrons. The Bertz CT molecular complexity index is 1380. The van der Waals surface area contributed by atoms with Gasteiger partial charge in [0.25, 0.3) is 15.7 Å². The summed E-state index contributed by atoms with van der Waals surface area (Å²) < 4.78 is 28.3. The van der Waals surface area contributed by atoms with Gasteiger partial charge in [-0.1, -0.05) is 55.5 Å². The average molecular weight is 553 g/mol. The molecule has 0 saturated carbocycles. The first-order valence-electron chi connectivity index (χ1n) is 12.5. The van der Waals surface area contributed by atoms with Crippen LogP contribution in [0.1, 0.15) is 32.8 Å². The molecule has 0 spiro atoms. The lowest BCUT2D eigenvalue weighted by Crippen LogP contribution is -2.52. The molecule has 0 saturated heterocycles. The van der Waals surface area contributed by atoms with Crippen molar-refractivity contribution < 1.29 is 22.9 Å². The molecule has 2 atom stereocenters. The molecule has 0 radical (unpaired) electrons. The highest BCUT2D eigenvalue weighted by Crippen LogP contribution is 2.26. The smallest absolute Gasteiger partial charge is 0.269 e. The van der Waals surface area contributed by atoms with E-state index < -0.39 is 33.4 Å². The van der Waals surface area contributed by atoms with Crippen LogP contribution in [0, 0.1) is 10.1 Å². The van der Waals surface area contributed by atoms with Gasteiger partial charge in [-0.2, -0.15) is 0 Å². The van der Waals surface area contributed by atoms with Crippen molar-refractivity contribution in [2.45, 2.75) is 50.7 Å². The Morgan fingerprint density at radius 1 is 0.923 bits per heavy atom. The van der Waals surface area contributed by atoms with Crippen LogP contribution < -0.4 is 9.62 Å². The van der Waals surface area contributed by atoms with Gasteiger partial charge in [0.1, 0.15) is 12.6 Å². The average Bonchev–Trinajstić information content (AvgIpc) is 2.95. The van der Waals surface area contributed by atoms with Crippen molar-refractivity contribution in [2.24, 2.45) is 0 Å². The molecule has 3 rings (SSSR count). The molecule has 39 heavy (non-hydrogen) atoms. The van der Waals surface area contributed by atoms with Gasteiger partial charge in [-0.3, -0.25) is 24.0 Å². The van der Waals surface area contributed by atoms with Crippen LogP contribution in [0.4, 0.5) is 11.4 Å². The largest absolute Gasteiger partial charge is 0.352 e. The zero-order valence-corrected chi connectivity index (χ0v) is 22.9. The van der Waals surface area contributed by atoms with Crippen LogP contribution in [0.3, 0.4) is 0 Å². The first-order chi connectivity index (χ1) is 18.5. The van der Waals surface area contributed by atoms with E-state index in [4.69, 9.17) is 0 Å². The molecule has 0 heterocycles. The minimum atomic E-state index is -4.24. The maximum absolute atomic E-state index is 13.8. The van der Waals surface area contributed by atoms with Gasteiger partial charge in [0.05, 0.1) is 15.5 Å². The van der Waals surface area contributed by atoms with Crippen molar-refractivity contribution in [3.63, 3.8) is 0 Å². The summed E-state index contributed by atoms with van der Waals surface area (Å²) in [5, 5.41) is 14.0. The van der Waals surface area contributed by atoms with E-state index in [0.29, 0.717) is 6.42 Å². The second kappa shape index (κ2) is 13.0. The highest BCUT2D eigenvalue weighted by molar-refractivity contribution is 7.92. The number of nitro groups is 1. The van der Waals surface area contributed by atoms with E-state index in [1.54, 1.807) is 25.1 Å². The summed E-state index contributed by atoms with van der Waals surface area (Å²) in [6.45, 7) is 4.84. The molecular formula is C28H32N4O6S. The predicted molar refractivity (Wildman–Crippen MR) is 148 cm³/mol. The summed E-state index contributed by atoms with van der Waals surface area (Å²) >= 11 is 0. The van der Waals surface area contributed by atoms with E-state index in [0.717, 1.165) is 9.87 Å². The number of nitrogens with zero attached hydrogens (tertiary/aromatic N) is 3. The Kier molecular flexibility index (Phi) is 9.78. The highest BCUT2D eigenvalue weighted by Gasteiger charge is 2.33. The third-order valence-electron chi connectivity index (χ3n) is 6.32. The number of carbonyl (C=O) groups is 2. The van der Waals surface area contributed by atoms with Crippen molar-refractivity contribution in [1.29, 1.82) is 0 Å². The zero-order chi connectivity index (χ0) is 28.6. The molecule has 0 bridgehead atoms. The highest BCUT2D eigenvalue weighted by atomic mass is 32.2. The Morgan fingerprint density at radius 2 is 1.49 bits per heavy atom. The molecule has 2 amide bonds. The minimum Gasteiger partial charge on any atom is -0.352 e. The second-order valence-electron chi connectivity index (χ2n) is 9.10. The molecular weight excluding hydrogens is 520 g/mol. The number of nitro benzene ring substituents is 1. The van der Waals surface area contributed by atoms with Crippen molar-refractivity contribution in [1.82, 2.24) is 10.2 Å². The molecule has 0 unspecified atom stereocenters. The fourth-order valence-electron chi connectivity index (χ4n) is 3.82.